The summed E-state index contributed by atoms with van der Waals surface area (Å²) in [4.78, 5) is 20.6. The average Bonchev–Trinajstić information content (AvgIpc) is 2.62. The number of piperazine rings is 1. The van der Waals surface area contributed by atoms with E-state index in [9.17, 15) is 4.79 Å². The number of guanidine groups is 1. The van der Waals surface area contributed by atoms with Crippen molar-refractivity contribution in [1.82, 2.24) is 15.5 Å². The van der Waals surface area contributed by atoms with E-state index in [4.69, 9.17) is 0 Å². The number of nitrogens with one attached hydrogen (secondary N) is 2. The SMILES string of the molecule is CCCNC(=NC)NCC(=O)N1CCN(c2ccccc2)CC1. The van der Waals surface area contributed by atoms with Gasteiger partial charge in [-0.15, -0.1) is 0 Å². The van der Waals surface area contributed by atoms with Gasteiger partial charge < -0.3 is 20.4 Å². The van der Waals surface area contributed by atoms with Crippen LogP contribution >= 0.6 is 0 Å². The summed E-state index contributed by atoms with van der Waals surface area (Å²) in [6.07, 6.45) is 1.02. The van der Waals surface area contributed by atoms with E-state index in [0.29, 0.717) is 5.96 Å². The first-order chi connectivity index (χ1) is 11.2. The summed E-state index contributed by atoms with van der Waals surface area (Å²) in [5, 5.41) is 6.24. The molecule has 1 heterocycles. The van der Waals surface area contributed by atoms with Gasteiger partial charge in [0.2, 0.25) is 5.91 Å². The number of anilines is 1. The van der Waals surface area contributed by atoms with E-state index in [2.05, 4.69) is 39.6 Å². The molecule has 1 fully saturated rings. The number of carbonyl (C=O) groups excluding carboxylic acids is 1. The smallest absolute Gasteiger partial charge is 0.242 e. The average molecular weight is 317 g/mol. The molecule has 1 aliphatic rings. The molecule has 126 valence electrons. The molecule has 2 N–H and O–H groups in total. The van der Waals surface area contributed by atoms with Crippen LogP contribution in [0.15, 0.2) is 35.3 Å². The molecule has 1 aliphatic heterocycles. The van der Waals surface area contributed by atoms with Crippen molar-refractivity contribution < 1.29 is 4.79 Å². The summed E-state index contributed by atoms with van der Waals surface area (Å²) in [5.41, 5.74) is 1.22. The summed E-state index contributed by atoms with van der Waals surface area (Å²) >= 11 is 0. The molecule has 1 aromatic carbocycles. The Bertz CT molecular complexity index is 509. The molecule has 1 saturated heterocycles. The highest BCUT2D eigenvalue weighted by Gasteiger charge is 2.21. The number of amides is 1. The van der Waals surface area contributed by atoms with Gasteiger partial charge in [-0.25, -0.2) is 0 Å². The van der Waals surface area contributed by atoms with E-state index >= 15 is 0 Å². The zero-order chi connectivity index (χ0) is 16.5. The van der Waals surface area contributed by atoms with Crippen LogP contribution < -0.4 is 15.5 Å². The van der Waals surface area contributed by atoms with Gasteiger partial charge in [-0.1, -0.05) is 25.1 Å². The van der Waals surface area contributed by atoms with Crippen molar-refractivity contribution >= 4 is 17.6 Å². The molecule has 0 saturated carbocycles. The topological polar surface area (TPSA) is 60.0 Å². The van der Waals surface area contributed by atoms with Crippen molar-refractivity contribution in [2.75, 3.05) is 51.2 Å². The summed E-state index contributed by atoms with van der Waals surface area (Å²) < 4.78 is 0. The van der Waals surface area contributed by atoms with Gasteiger partial charge in [0.1, 0.15) is 0 Å². The van der Waals surface area contributed by atoms with Gasteiger partial charge in [-0.2, -0.15) is 0 Å². The maximum absolute atomic E-state index is 12.3. The van der Waals surface area contributed by atoms with Crippen molar-refractivity contribution in [2.45, 2.75) is 13.3 Å². The third-order valence-corrected chi connectivity index (χ3v) is 3.93. The molecule has 6 heteroatoms. The van der Waals surface area contributed by atoms with Crippen molar-refractivity contribution in [3.8, 4) is 0 Å². The normalized spacial score (nSPS) is 15.5. The number of carbonyl (C=O) groups is 1. The Hall–Kier alpha value is -2.24. The summed E-state index contributed by atoms with van der Waals surface area (Å²) in [6, 6.07) is 10.3. The fraction of sp³-hybridized carbons (Fsp3) is 0.529. The van der Waals surface area contributed by atoms with E-state index in [-0.39, 0.29) is 12.5 Å². The Balaban J connectivity index is 1.75. The largest absolute Gasteiger partial charge is 0.368 e. The quantitative estimate of drug-likeness (QED) is 0.626. The van der Waals surface area contributed by atoms with Crippen molar-refractivity contribution in [2.24, 2.45) is 4.99 Å². The number of aliphatic imine (C=N–C) groups is 1. The zero-order valence-electron chi connectivity index (χ0n) is 14.1. The standard InChI is InChI=1S/C17H27N5O/c1-3-9-19-17(18-2)20-14-16(23)22-12-10-21(11-13-22)15-7-5-4-6-8-15/h4-8H,3,9-14H2,1-2H3,(H2,18,19,20). The lowest BCUT2D eigenvalue weighted by Gasteiger charge is -2.36. The van der Waals surface area contributed by atoms with E-state index in [1.807, 2.05) is 23.1 Å². The number of hydrogen-bond acceptors (Lipinski definition) is 3. The van der Waals surface area contributed by atoms with Crippen molar-refractivity contribution in [3.05, 3.63) is 30.3 Å². The minimum atomic E-state index is 0.122. The first kappa shape index (κ1) is 17.1. The second-order valence-corrected chi connectivity index (χ2v) is 5.56. The third-order valence-electron chi connectivity index (χ3n) is 3.93. The van der Waals surface area contributed by atoms with Crippen LogP contribution in [0.1, 0.15) is 13.3 Å². The van der Waals surface area contributed by atoms with E-state index in [1.165, 1.54) is 5.69 Å². The minimum Gasteiger partial charge on any atom is -0.368 e. The Morgan fingerprint density at radius 2 is 1.83 bits per heavy atom. The monoisotopic (exact) mass is 317 g/mol. The Labute approximate surface area is 138 Å². The first-order valence-electron chi connectivity index (χ1n) is 8.27. The van der Waals surface area contributed by atoms with Crippen molar-refractivity contribution in [1.29, 1.82) is 0 Å². The van der Waals surface area contributed by atoms with Crippen LogP contribution in [0.4, 0.5) is 5.69 Å². The molecule has 0 aromatic heterocycles. The van der Waals surface area contributed by atoms with Gasteiger partial charge in [-0.05, 0) is 18.6 Å². The maximum atomic E-state index is 12.3. The summed E-state index contributed by atoms with van der Waals surface area (Å²) in [5.74, 6) is 0.806. The van der Waals surface area contributed by atoms with E-state index in [0.717, 1.165) is 39.1 Å². The molecule has 0 atom stereocenters. The van der Waals surface area contributed by atoms with Crippen LogP contribution in [0, 0.1) is 0 Å². The summed E-state index contributed by atoms with van der Waals surface area (Å²) in [6.45, 7) is 6.50. The van der Waals surface area contributed by atoms with E-state index in [1.54, 1.807) is 7.05 Å². The molecule has 0 aliphatic carbocycles. The lowest BCUT2D eigenvalue weighted by molar-refractivity contribution is -0.130. The Kier molecular flexibility index (Phi) is 6.72. The molecule has 1 amide bonds. The van der Waals surface area contributed by atoms with Gasteiger partial charge in [0, 0.05) is 45.5 Å². The molecule has 23 heavy (non-hydrogen) atoms. The third kappa shape index (κ3) is 5.16. The fourth-order valence-corrected chi connectivity index (χ4v) is 2.59. The van der Waals surface area contributed by atoms with Gasteiger partial charge >= 0.3 is 0 Å². The highest BCUT2D eigenvalue weighted by molar-refractivity contribution is 5.86. The second-order valence-electron chi connectivity index (χ2n) is 5.56. The molecule has 6 nitrogen and oxygen atoms in total. The maximum Gasteiger partial charge on any atom is 0.242 e. The molecule has 1 aromatic rings. The van der Waals surface area contributed by atoms with Crippen LogP contribution in [0.2, 0.25) is 0 Å². The highest BCUT2D eigenvalue weighted by atomic mass is 16.2. The van der Waals surface area contributed by atoms with Crippen LogP contribution in [0.25, 0.3) is 0 Å². The lowest BCUT2D eigenvalue weighted by atomic mass is 10.2. The molecule has 2 rings (SSSR count). The molecular formula is C17H27N5O. The molecular weight excluding hydrogens is 290 g/mol. The predicted octanol–water partition coefficient (Wildman–Crippen LogP) is 0.910. The van der Waals surface area contributed by atoms with Crippen LogP contribution in [-0.4, -0.2) is 63.1 Å². The van der Waals surface area contributed by atoms with Gasteiger partial charge in [-0.3, -0.25) is 9.79 Å². The van der Waals surface area contributed by atoms with Crippen LogP contribution in [0.3, 0.4) is 0 Å². The van der Waals surface area contributed by atoms with Gasteiger partial charge in [0.15, 0.2) is 5.96 Å². The lowest BCUT2D eigenvalue weighted by Crippen LogP contribution is -2.52. The zero-order valence-corrected chi connectivity index (χ0v) is 14.1. The number of para-hydroxylation sites is 1. The first-order valence-corrected chi connectivity index (χ1v) is 8.27. The number of benzene rings is 1. The predicted molar refractivity (Wildman–Crippen MR) is 94.9 cm³/mol. The Morgan fingerprint density at radius 3 is 2.43 bits per heavy atom. The summed E-state index contributed by atoms with van der Waals surface area (Å²) in [7, 11) is 1.72. The molecule has 0 unspecified atom stereocenters. The molecule has 0 radical (unpaired) electrons. The Morgan fingerprint density at radius 1 is 1.13 bits per heavy atom. The number of nitrogens with zero attached hydrogens (tertiary/aromatic N) is 3. The number of hydrogen-bond donors (Lipinski definition) is 2. The molecule has 0 spiro atoms. The highest BCUT2D eigenvalue weighted by Crippen LogP contribution is 2.15. The molecule has 0 bridgehead atoms. The second kappa shape index (κ2) is 9.02. The fourth-order valence-electron chi connectivity index (χ4n) is 2.59. The van der Waals surface area contributed by atoms with E-state index < -0.39 is 0 Å². The van der Waals surface area contributed by atoms with Gasteiger partial charge in [0.25, 0.3) is 0 Å². The van der Waals surface area contributed by atoms with Crippen LogP contribution in [-0.2, 0) is 4.79 Å². The minimum absolute atomic E-state index is 0.122. The number of rotatable bonds is 5. The van der Waals surface area contributed by atoms with Crippen LogP contribution in [0.5, 0.6) is 0 Å². The van der Waals surface area contributed by atoms with Gasteiger partial charge in [0.05, 0.1) is 6.54 Å². The van der Waals surface area contributed by atoms with Crippen molar-refractivity contribution in [3.63, 3.8) is 0 Å².